The van der Waals surface area contributed by atoms with Gasteiger partial charge in [0.15, 0.2) is 20.7 Å². The van der Waals surface area contributed by atoms with E-state index in [1.807, 2.05) is 30.3 Å². The average molecular weight is 463 g/mol. The standard InChI is InChI=1S/C21H20F3N5O2S/c1-4-29-18(13-9-7-6-8-10-13)27-17(20(29)32(30,31)5-2)19-26-14-11-16(21(22,23)24)25-12-15(14)28(19)3/h6-12H,4-5H2,1-3H3. The Morgan fingerprint density at radius 1 is 1.03 bits per heavy atom. The third-order valence-corrected chi connectivity index (χ3v) is 6.98. The first-order valence-corrected chi connectivity index (χ1v) is 11.5. The van der Waals surface area contributed by atoms with Gasteiger partial charge in [-0.15, -0.1) is 0 Å². The lowest BCUT2D eigenvalue weighted by Crippen LogP contribution is -2.13. The van der Waals surface area contributed by atoms with E-state index in [4.69, 9.17) is 0 Å². The highest BCUT2D eigenvalue weighted by Crippen LogP contribution is 2.35. The second-order valence-corrected chi connectivity index (χ2v) is 9.35. The Morgan fingerprint density at radius 3 is 2.31 bits per heavy atom. The summed E-state index contributed by atoms with van der Waals surface area (Å²) >= 11 is 0. The molecule has 0 unspecified atom stereocenters. The Bertz CT molecular complexity index is 1410. The van der Waals surface area contributed by atoms with Crippen molar-refractivity contribution in [2.45, 2.75) is 31.6 Å². The third kappa shape index (κ3) is 3.56. The Balaban J connectivity index is 2.04. The molecule has 0 fully saturated rings. The molecule has 1 aromatic carbocycles. The molecule has 4 rings (SSSR count). The van der Waals surface area contributed by atoms with Crippen LogP contribution in [0.2, 0.25) is 0 Å². The summed E-state index contributed by atoms with van der Waals surface area (Å²) in [6.45, 7) is 3.67. The number of nitrogens with zero attached hydrogens (tertiary/aromatic N) is 5. The van der Waals surface area contributed by atoms with E-state index >= 15 is 0 Å². The van der Waals surface area contributed by atoms with Crippen molar-refractivity contribution in [1.29, 1.82) is 0 Å². The highest BCUT2D eigenvalue weighted by atomic mass is 32.2. The lowest BCUT2D eigenvalue weighted by molar-refractivity contribution is -0.141. The van der Waals surface area contributed by atoms with Gasteiger partial charge in [-0.25, -0.2) is 23.4 Å². The normalized spacial score (nSPS) is 12.6. The number of pyridine rings is 1. The van der Waals surface area contributed by atoms with Crippen molar-refractivity contribution in [2.75, 3.05) is 5.75 Å². The SMILES string of the molecule is CCn1c(-c2ccccc2)nc(-c2nc3cc(C(F)(F)F)ncc3n2C)c1S(=O)(=O)CC. The number of hydrogen-bond acceptors (Lipinski definition) is 5. The van der Waals surface area contributed by atoms with Crippen molar-refractivity contribution >= 4 is 20.9 Å². The van der Waals surface area contributed by atoms with Crippen LogP contribution in [0.25, 0.3) is 33.9 Å². The number of hydrogen-bond donors (Lipinski definition) is 0. The smallest absolute Gasteiger partial charge is 0.324 e. The second-order valence-electron chi connectivity index (χ2n) is 7.15. The molecule has 0 aliphatic carbocycles. The van der Waals surface area contributed by atoms with Gasteiger partial charge in [0.05, 0.1) is 23.0 Å². The summed E-state index contributed by atoms with van der Waals surface area (Å²) in [5.74, 6) is 0.428. The molecule has 0 saturated carbocycles. The Labute approximate surface area is 182 Å². The van der Waals surface area contributed by atoms with Gasteiger partial charge >= 0.3 is 6.18 Å². The Hall–Kier alpha value is -3.21. The molecule has 0 saturated heterocycles. The van der Waals surface area contributed by atoms with Crippen LogP contribution in [0, 0.1) is 0 Å². The maximum atomic E-state index is 13.1. The number of halogens is 3. The number of fused-ring (bicyclic) bond motifs is 1. The lowest BCUT2D eigenvalue weighted by atomic mass is 10.2. The third-order valence-electron chi connectivity index (χ3n) is 5.21. The Kier molecular flexibility index (Phi) is 5.32. The van der Waals surface area contributed by atoms with Gasteiger partial charge in [0.1, 0.15) is 17.2 Å². The predicted octanol–water partition coefficient (Wildman–Crippen LogP) is 4.33. The number of imidazole rings is 2. The largest absolute Gasteiger partial charge is 0.433 e. The zero-order chi connectivity index (χ0) is 23.3. The first-order chi connectivity index (χ1) is 15.1. The van der Waals surface area contributed by atoms with Crippen molar-refractivity contribution in [1.82, 2.24) is 24.1 Å². The van der Waals surface area contributed by atoms with E-state index in [1.54, 1.807) is 18.5 Å². The van der Waals surface area contributed by atoms with Gasteiger partial charge < -0.3 is 9.13 Å². The molecule has 168 valence electrons. The summed E-state index contributed by atoms with van der Waals surface area (Å²) in [5, 5.41) is -0.0104. The van der Waals surface area contributed by atoms with Crippen molar-refractivity contribution < 1.29 is 21.6 Å². The quantitative estimate of drug-likeness (QED) is 0.440. The van der Waals surface area contributed by atoms with E-state index in [-0.39, 0.29) is 27.8 Å². The van der Waals surface area contributed by atoms with Crippen LogP contribution in [-0.4, -0.2) is 38.3 Å². The van der Waals surface area contributed by atoms with Crippen LogP contribution >= 0.6 is 0 Å². The summed E-state index contributed by atoms with van der Waals surface area (Å²) in [5.41, 5.74) is 0.130. The Morgan fingerprint density at radius 2 is 1.72 bits per heavy atom. The van der Waals surface area contributed by atoms with Gasteiger partial charge in [0.2, 0.25) is 0 Å². The van der Waals surface area contributed by atoms with Gasteiger partial charge in [-0.3, -0.25) is 0 Å². The van der Waals surface area contributed by atoms with Gasteiger partial charge in [-0.1, -0.05) is 37.3 Å². The molecule has 0 radical (unpaired) electrons. The van der Waals surface area contributed by atoms with Crippen LogP contribution in [0.1, 0.15) is 19.5 Å². The molecule has 0 aliphatic rings. The molecule has 7 nitrogen and oxygen atoms in total. The molecule has 0 aliphatic heterocycles. The van der Waals surface area contributed by atoms with Crippen molar-refractivity contribution in [3.05, 3.63) is 48.3 Å². The number of sulfone groups is 1. The van der Waals surface area contributed by atoms with Crippen LogP contribution < -0.4 is 0 Å². The summed E-state index contributed by atoms with van der Waals surface area (Å²) in [4.78, 5) is 12.4. The molecule has 0 N–H and O–H groups in total. The topological polar surface area (TPSA) is 82.7 Å². The van der Waals surface area contributed by atoms with Crippen LogP contribution in [0.3, 0.4) is 0 Å². The maximum absolute atomic E-state index is 13.1. The fourth-order valence-corrected chi connectivity index (χ4v) is 4.85. The zero-order valence-corrected chi connectivity index (χ0v) is 18.4. The van der Waals surface area contributed by atoms with Gasteiger partial charge in [-0.05, 0) is 13.0 Å². The van der Waals surface area contributed by atoms with Crippen molar-refractivity contribution in [3.63, 3.8) is 0 Å². The first-order valence-electron chi connectivity index (χ1n) is 9.87. The van der Waals surface area contributed by atoms with E-state index in [1.165, 1.54) is 11.5 Å². The zero-order valence-electron chi connectivity index (χ0n) is 17.6. The van der Waals surface area contributed by atoms with Crippen molar-refractivity contribution in [2.24, 2.45) is 7.05 Å². The summed E-state index contributed by atoms with van der Waals surface area (Å²) in [7, 11) is -2.15. The van der Waals surface area contributed by atoms with Gasteiger partial charge in [-0.2, -0.15) is 13.2 Å². The minimum atomic E-state index is -4.62. The highest BCUT2D eigenvalue weighted by molar-refractivity contribution is 7.91. The number of rotatable bonds is 5. The molecule has 0 bridgehead atoms. The number of aryl methyl sites for hydroxylation is 1. The molecule has 4 aromatic rings. The molecular formula is C21H20F3N5O2S. The lowest BCUT2D eigenvalue weighted by Gasteiger charge is -2.10. The fourth-order valence-electron chi connectivity index (χ4n) is 3.59. The summed E-state index contributed by atoms with van der Waals surface area (Å²) in [6.07, 6.45) is -3.54. The highest BCUT2D eigenvalue weighted by Gasteiger charge is 2.34. The fraction of sp³-hybridized carbons (Fsp3) is 0.286. The molecule has 0 amide bonds. The molecule has 0 spiro atoms. The van der Waals surface area contributed by atoms with Crippen LogP contribution in [-0.2, 0) is 29.6 Å². The molecule has 0 atom stereocenters. The molecule has 3 aromatic heterocycles. The van der Waals surface area contributed by atoms with E-state index < -0.39 is 21.7 Å². The average Bonchev–Trinajstić information content (AvgIpc) is 3.31. The van der Waals surface area contributed by atoms with Crippen molar-refractivity contribution in [3.8, 4) is 22.9 Å². The van der Waals surface area contributed by atoms with Gasteiger partial charge in [0.25, 0.3) is 0 Å². The van der Waals surface area contributed by atoms with Crippen LogP contribution in [0.15, 0.2) is 47.6 Å². The van der Waals surface area contributed by atoms with Gasteiger partial charge in [0, 0.05) is 19.2 Å². The second kappa shape index (κ2) is 7.73. The minimum Gasteiger partial charge on any atom is -0.324 e. The molecule has 3 heterocycles. The molecular weight excluding hydrogens is 443 g/mol. The first kappa shape index (κ1) is 22.0. The predicted molar refractivity (Wildman–Crippen MR) is 114 cm³/mol. The monoisotopic (exact) mass is 463 g/mol. The number of benzene rings is 1. The van der Waals surface area contributed by atoms with E-state index in [2.05, 4.69) is 15.0 Å². The van der Waals surface area contributed by atoms with Crippen LogP contribution in [0.4, 0.5) is 13.2 Å². The summed E-state index contributed by atoms with van der Waals surface area (Å²) < 4.78 is 68.6. The minimum absolute atomic E-state index is 0.0104. The maximum Gasteiger partial charge on any atom is 0.433 e. The molecule has 32 heavy (non-hydrogen) atoms. The summed E-state index contributed by atoms with van der Waals surface area (Å²) in [6, 6.07) is 9.95. The van der Waals surface area contributed by atoms with E-state index in [0.717, 1.165) is 12.3 Å². The van der Waals surface area contributed by atoms with E-state index in [9.17, 15) is 21.6 Å². The number of aromatic nitrogens is 5. The number of alkyl halides is 3. The van der Waals surface area contributed by atoms with E-state index in [0.29, 0.717) is 23.4 Å². The molecule has 11 heteroatoms. The van der Waals surface area contributed by atoms with Crippen LogP contribution in [0.5, 0.6) is 0 Å².